The molecule has 0 atom stereocenters. The van der Waals surface area contributed by atoms with Crippen LogP contribution in [0.1, 0.15) is 34.0 Å². The monoisotopic (exact) mass is 418 g/mol. The first-order valence-corrected chi connectivity index (χ1v) is 10.7. The Labute approximate surface area is 171 Å². The molecule has 2 aromatic carbocycles. The van der Waals surface area contributed by atoms with Crippen LogP contribution in [0.3, 0.4) is 0 Å². The van der Waals surface area contributed by atoms with Gasteiger partial charge in [-0.2, -0.15) is 0 Å². The molecule has 0 saturated carbocycles. The molecule has 0 unspecified atom stereocenters. The first-order valence-electron chi connectivity index (χ1n) is 9.26. The van der Waals surface area contributed by atoms with Crippen molar-refractivity contribution in [1.82, 2.24) is 9.62 Å². The average Bonchev–Trinajstić information content (AvgIpc) is 2.67. The normalized spacial score (nSPS) is 11.0. The maximum atomic E-state index is 12.4. The van der Waals surface area contributed by atoms with Crippen molar-refractivity contribution >= 4 is 22.0 Å². The van der Waals surface area contributed by atoms with E-state index >= 15 is 0 Å². The first kappa shape index (κ1) is 22.4. The van der Waals surface area contributed by atoms with Gasteiger partial charge in [0.05, 0.1) is 11.5 Å². The Morgan fingerprint density at radius 1 is 1.03 bits per heavy atom. The standard InChI is InChI=1S/C21H26N2O5S/c1-5-28-21(25)23(4)29(26,27)19-8-6-17(7-9-19)10-11-22-20(24)18-13-15(2)12-16(3)14-18/h6-9,12-14H,5,10-11H2,1-4H3,(H,22,24). The highest BCUT2D eigenvalue weighted by atomic mass is 32.2. The number of sulfonamides is 1. The van der Waals surface area contributed by atoms with Crippen LogP contribution in [0.15, 0.2) is 47.4 Å². The van der Waals surface area contributed by atoms with E-state index in [0.717, 1.165) is 23.7 Å². The van der Waals surface area contributed by atoms with Crippen molar-refractivity contribution in [3.05, 3.63) is 64.7 Å². The lowest BCUT2D eigenvalue weighted by molar-refractivity contribution is 0.0953. The Morgan fingerprint density at radius 2 is 1.62 bits per heavy atom. The third kappa shape index (κ3) is 5.80. The van der Waals surface area contributed by atoms with E-state index in [4.69, 9.17) is 4.74 Å². The van der Waals surface area contributed by atoms with Gasteiger partial charge in [-0.15, -0.1) is 0 Å². The molecule has 156 valence electrons. The minimum Gasteiger partial charge on any atom is -0.449 e. The fraction of sp³-hybridized carbons (Fsp3) is 0.333. The number of hydrogen-bond acceptors (Lipinski definition) is 5. The highest BCUT2D eigenvalue weighted by Gasteiger charge is 2.26. The summed E-state index contributed by atoms with van der Waals surface area (Å²) in [5, 5.41) is 2.87. The zero-order chi connectivity index (χ0) is 21.6. The van der Waals surface area contributed by atoms with Gasteiger partial charge < -0.3 is 10.1 Å². The molecule has 1 N–H and O–H groups in total. The number of aryl methyl sites for hydroxylation is 2. The molecule has 0 aliphatic rings. The summed E-state index contributed by atoms with van der Waals surface area (Å²) in [7, 11) is -2.81. The topological polar surface area (TPSA) is 92.8 Å². The molecule has 2 amide bonds. The first-order chi connectivity index (χ1) is 13.6. The second-order valence-electron chi connectivity index (χ2n) is 6.70. The fourth-order valence-corrected chi connectivity index (χ4v) is 3.87. The van der Waals surface area contributed by atoms with Crippen LogP contribution in [-0.4, -0.2) is 44.9 Å². The minimum absolute atomic E-state index is 0.00363. The maximum Gasteiger partial charge on any atom is 0.423 e. The van der Waals surface area contributed by atoms with E-state index in [1.54, 1.807) is 19.1 Å². The lowest BCUT2D eigenvalue weighted by Crippen LogP contribution is -2.33. The van der Waals surface area contributed by atoms with Gasteiger partial charge in [-0.25, -0.2) is 17.5 Å². The molecule has 0 radical (unpaired) electrons. The van der Waals surface area contributed by atoms with Crippen LogP contribution in [0.2, 0.25) is 0 Å². The predicted molar refractivity (Wildman–Crippen MR) is 110 cm³/mol. The number of nitrogens with one attached hydrogen (secondary N) is 1. The quantitative estimate of drug-likeness (QED) is 0.746. The minimum atomic E-state index is -3.97. The molecule has 0 aliphatic carbocycles. The Morgan fingerprint density at radius 3 is 2.17 bits per heavy atom. The SMILES string of the molecule is CCOC(=O)N(C)S(=O)(=O)c1ccc(CCNC(=O)c2cc(C)cc(C)c2)cc1. The summed E-state index contributed by atoms with van der Waals surface area (Å²) in [4.78, 5) is 24.0. The largest absolute Gasteiger partial charge is 0.449 e. The molecule has 0 spiro atoms. The van der Waals surface area contributed by atoms with Crippen molar-refractivity contribution in [3.8, 4) is 0 Å². The lowest BCUT2D eigenvalue weighted by atomic mass is 10.1. The Balaban J connectivity index is 1.97. The van der Waals surface area contributed by atoms with Gasteiger partial charge in [0.15, 0.2) is 0 Å². The van der Waals surface area contributed by atoms with E-state index < -0.39 is 16.1 Å². The van der Waals surface area contributed by atoms with Crippen LogP contribution in [0.25, 0.3) is 0 Å². The Kier molecular flexibility index (Phi) is 7.39. The van der Waals surface area contributed by atoms with Crippen LogP contribution < -0.4 is 5.32 Å². The summed E-state index contributed by atoms with van der Waals surface area (Å²) in [5.74, 6) is -0.146. The highest BCUT2D eigenvalue weighted by molar-refractivity contribution is 7.89. The third-order valence-corrected chi connectivity index (χ3v) is 6.03. The summed E-state index contributed by atoms with van der Waals surface area (Å²) in [5.41, 5.74) is 3.54. The molecule has 2 rings (SSSR count). The van der Waals surface area contributed by atoms with E-state index in [2.05, 4.69) is 5.32 Å². The summed E-state index contributed by atoms with van der Waals surface area (Å²) < 4.78 is 30.2. The summed E-state index contributed by atoms with van der Waals surface area (Å²) in [6.45, 7) is 6.00. The number of carbonyl (C=O) groups is 2. The van der Waals surface area contributed by atoms with E-state index in [1.807, 2.05) is 32.0 Å². The van der Waals surface area contributed by atoms with Gasteiger partial charge in [0.1, 0.15) is 0 Å². The molecule has 0 aliphatic heterocycles. The molecule has 2 aromatic rings. The molecule has 0 aromatic heterocycles. The van der Waals surface area contributed by atoms with E-state index in [1.165, 1.54) is 12.1 Å². The highest BCUT2D eigenvalue weighted by Crippen LogP contribution is 2.16. The van der Waals surface area contributed by atoms with Crippen LogP contribution in [-0.2, 0) is 21.2 Å². The Hall–Kier alpha value is -2.87. The van der Waals surface area contributed by atoms with Gasteiger partial charge in [0.2, 0.25) is 0 Å². The zero-order valence-electron chi connectivity index (χ0n) is 17.1. The molecule has 0 fully saturated rings. The summed E-state index contributed by atoms with van der Waals surface area (Å²) in [6, 6.07) is 11.9. The lowest BCUT2D eigenvalue weighted by Gasteiger charge is -2.17. The van der Waals surface area contributed by atoms with Gasteiger partial charge in [0.25, 0.3) is 15.9 Å². The van der Waals surface area contributed by atoms with Gasteiger partial charge in [-0.1, -0.05) is 29.3 Å². The number of ether oxygens (including phenoxy) is 1. The molecular weight excluding hydrogens is 392 g/mol. The number of nitrogens with zero attached hydrogens (tertiary/aromatic N) is 1. The molecule has 8 heteroatoms. The molecule has 29 heavy (non-hydrogen) atoms. The van der Waals surface area contributed by atoms with E-state index in [0.29, 0.717) is 22.8 Å². The van der Waals surface area contributed by atoms with Crippen molar-refractivity contribution in [2.24, 2.45) is 0 Å². The number of rotatable bonds is 7. The van der Waals surface area contributed by atoms with E-state index in [-0.39, 0.29) is 17.4 Å². The van der Waals surface area contributed by atoms with Gasteiger partial charge in [-0.05, 0) is 57.0 Å². The van der Waals surface area contributed by atoms with Crippen molar-refractivity contribution in [2.45, 2.75) is 32.1 Å². The van der Waals surface area contributed by atoms with Gasteiger partial charge >= 0.3 is 6.09 Å². The number of benzene rings is 2. The van der Waals surface area contributed by atoms with Gasteiger partial charge in [-0.3, -0.25) is 4.79 Å². The number of hydrogen-bond donors (Lipinski definition) is 1. The number of carbonyl (C=O) groups excluding carboxylic acids is 2. The summed E-state index contributed by atoms with van der Waals surface area (Å²) in [6.07, 6.45) is -0.379. The van der Waals surface area contributed by atoms with Crippen LogP contribution in [0, 0.1) is 13.8 Å². The van der Waals surface area contributed by atoms with Crippen molar-refractivity contribution in [1.29, 1.82) is 0 Å². The van der Waals surface area contributed by atoms with Crippen molar-refractivity contribution in [3.63, 3.8) is 0 Å². The van der Waals surface area contributed by atoms with Gasteiger partial charge in [0, 0.05) is 19.2 Å². The smallest absolute Gasteiger partial charge is 0.423 e. The Bertz CT molecular complexity index is 964. The summed E-state index contributed by atoms with van der Waals surface area (Å²) >= 11 is 0. The molecule has 7 nitrogen and oxygen atoms in total. The van der Waals surface area contributed by atoms with E-state index in [9.17, 15) is 18.0 Å². The third-order valence-electron chi connectivity index (χ3n) is 4.29. The zero-order valence-corrected chi connectivity index (χ0v) is 17.9. The maximum absolute atomic E-state index is 12.4. The predicted octanol–water partition coefficient (Wildman–Crippen LogP) is 3.05. The number of amides is 2. The molecule has 0 saturated heterocycles. The molecular formula is C21H26N2O5S. The molecule has 0 heterocycles. The van der Waals surface area contributed by atoms with Crippen LogP contribution in [0.5, 0.6) is 0 Å². The van der Waals surface area contributed by atoms with Crippen LogP contribution >= 0.6 is 0 Å². The fourth-order valence-electron chi connectivity index (χ4n) is 2.83. The second-order valence-corrected chi connectivity index (χ2v) is 8.67. The van der Waals surface area contributed by atoms with Crippen molar-refractivity contribution in [2.75, 3.05) is 20.2 Å². The van der Waals surface area contributed by atoms with Crippen molar-refractivity contribution < 1.29 is 22.7 Å². The molecule has 0 bridgehead atoms. The second kappa shape index (κ2) is 9.56. The average molecular weight is 419 g/mol. The van der Waals surface area contributed by atoms with Crippen LogP contribution in [0.4, 0.5) is 4.79 Å².